The van der Waals surface area contributed by atoms with E-state index in [1.165, 1.54) is 0 Å². The highest BCUT2D eigenvalue weighted by Crippen LogP contribution is 2.25. The number of para-hydroxylation sites is 1. The molecule has 1 atom stereocenters. The van der Waals surface area contributed by atoms with Crippen molar-refractivity contribution in [3.8, 4) is 11.4 Å². The van der Waals surface area contributed by atoms with Crippen molar-refractivity contribution in [1.82, 2.24) is 14.8 Å². The van der Waals surface area contributed by atoms with Gasteiger partial charge in [-0.1, -0.05) is 19.1 Å². The lowest BCUT2D eigenvalue weighted by molar-refractivity contribution is -0.116. The van der Waals surface area contributed by atoms with Crippen LogP contribution >= 0.6 is 0 Å². The SMILES string of the molecule is CC(CN)CC(=O)Nc1ccccc1-c1nncn1C. The number of anilines is 1. The average molecular weight is 273 g/mol. The minimum absolute atomic E-state index is 0.0439. The third-order valence-electron chi connectivity index (χ3n) is 3.09. The average Bonchev–Trinajstić information content (AvgIpc) is 2.85. The van der Waals surface area contributed by atoms with Crippen LogP contribution in [0.4, 0.5) is 5.69 Å². The summed E-state index contributed by atoms with van der Waals surface area (Å²) in [5.74, 6) is 0.835. The van der Waals surface area contributed by atoms with Crippen molar-refractivity contribution in [3.05, 3.63) is 30.6 Å². The number of hydrogen-bond acceptors (Lipinski definition) is 4. The molecule has 0 spiro atoms. The summed E-state index contributed by atoms with van der Waals surface area (Å²) in [6, 6.07) is 7.55. The monoisotopic (exact) mass is 273 g/mol. The van der Waals surface area contributed by atoms with E-state index in [-0.39, 0.29) is 11.8 Å². The number of benzene rings is 1. The van der Waals surface area contributed by atoms with E-state index in [1.807, 2.05) is 42.8 Å². The summed E-state index contributed by atoms with van der Waals surface area (Å²) >= 11 is 0. The Morgan fingerprint density at radius 1 is 1.45 bits per heavy atom. The van der Waals surface area contributed by atoms with Gasteiger partial charge in [0.25, 0.3) is 0 Å². The van der Waals surface area contributed by atoms with Gasteiger partial charge in [-0.25, -0.2) is 0 Å². The third-order valence-corrected chi connectivity index (χ3v) is 3.09. The van der Waals surface area contributed by atoms with Crippen molar-refractivity contribution in [2.45, 2.75) is 13.3 Å². The zero-order chi connectivity index (χ0) is 14.5. The maximum atomic E-state index is 12.0. The third kappa shape index (κ3) is 3.21. The Morgan fingerprint density at radius 3 is 2.85 bits per heavy atom. The number of nitrogens with one attached hydrogen (secondary N) is 1. The van der Waals surface area contributed by atoms with Crippen LogP contribution in [0.2, 0.25) is 0 Å². The molecule has 0 aliphatic rings. The van der Waals surface area contributed by atoms with Crippen molar-refractivity contribution < 1.29 is 4.79 Å². The molecule has 106 valence electrons. The van der Waals surface area contributed by atoms with Gasteiger partial charge >= 0.3 is 0 Å². The Hall–Kier alpha value is -2.21. The second kappa shape index (κ2) is 6.29. The fourth-order valence-corrected chi connectivity index (χ4v) is 1.92. The van der Waals surface area contributed by atoms with Crippen LogP contribution in [0.15, 0.2) is 30.6 Å². The summed E-state index contributed by atoms with van der Waals surface area (Å²) in [6.07, 6.45) is 2.04. The van der Waals surface area contributed by atoms with Gasteiger partial charge in [-0.2, -0.15) is 0 Å². The predicted molar refractivity (Wildman–Crippen MR) is 77.9 cm³/mol. The van der Waals surface area contributed by atoms with E-state index in [1.54, 1.807) is 6.33 Å². The van der Waals surface area contributed by atoms with E-state index in [4.69, 9.17) is 5.73 Å². The summed E-state index contributed by atoms with van der Waals surface area (Å²) in [6.45, 7) is 2.45. The zero-order valence-electron chi connectivity index (χ0n) is 11.7. The Morgan fingerprint density at radius 2 is 2.20 bits per heavy atom. The second-order valence-corrected chi connectivity index (χ2v) is 4.90. The Labute approximate surface area is 118 Å². The Balaban J connectivity index is 2.21. The normalized spacial score (nSPS) is 12.2. The first kappa shape index (κ1) is 14.2. The van der Waals surface area contributed by atoms with Crippen LogP contribution in [0.25, 0.3) is 11.4 Å². The molecule has 0 bridgehead atoms. The molecule has 0 saturated carbocycles. The van der Waals surface area contributed by atoms with Gasteiger partial charge in [-0.15, -0.1) is 10.2 Å². The molecule has 6 nitrogen and oxygen atoms in total. The molecular weight excluding hydrogens is 254 g/mol. The van der Waals surface area contributed by atoms with E-state index in [0.29, 0.717) is 18.8 Å². The van der Waals surface area contributed by atoms with Crippen molar-refractivity contribution in [2.24, 2.45) is 18.7 Å². The first-order valence-corrected chi connectivity index (χ1v) is 6.55. The lowest BCUT2D eigenvalue weighted by Gasteiger charge is -2.12. The van der Waals surface area contributed by atoms with Gasteiger partial charge in [0.15, 0.2) is 5.82 Å². The number of carbonyl (C=O) groups excluding carboxylic acids is 1. The van der Waals surface area contributed by atoms with Crippen molar-refractivity contribution in [3.63, 3.8) is 0 Å². The molecule has 1 heterocycles. The molecule has 0 radical (unpaired) electrons. The highest BCUT2D eigenvalue weighted by molar-refractivity contribution is 5.94. The molecule has 0 aliphatic carbocycles. The van der Waals surface area contributed by atoms with E-state index >= 15 is 0 Å². The van der Waals surface area contributed by atoms with Gasteiger partial charge in [0, 0.05) is 19.0 Å². The molecule has 0 aliphatic heterocycles. The molecule has 1 aromatic carbocycles. The number of nitrogens with zero attached hydrogens (tertiary/aromatic N) is 3. The van der Waals surface area contributed by atoms with Crippen LogP contribution in [-0.4, -0.2) is 27.2 Å². The smallest absolute Gasteiger partial charge is 0.224 e. The fraction of sp³-hybridized carbons (Fsp3) is 0.357. The lowest BCUT2D eigenvalue weighted by Crippen LogP contribution is -2.20. The van der Waals surface area contributed by atoms with Crippen LogP contribution in [0.5, 0.6) is 0 Å². The molecule has 6 heteroatoms. The number of aryl methyl sites for hydroxylation is 1. The van der Waals surface area contributed by atoms with E-state index in [2.05, 4.69) is 15.5 Å². The zero-order valence-corrected chi connectivity index (χ0v) is 11.7. The van der Waals surface area contributed by atoms with Crippen LogP contribution in [0, 0.1) is 5.92 Å². The number of carbonyl (C=O) groups is 1. The minimum atomic E-state index is -0.0439. The first-order chi connectivity index (χ1) is 9.61. The summed E-state index contributed by atoms with van der Waals surface area (Å²) in [4.78, 5) is 12.0. The second-order valence-electron chi connectivity index (χ2n) is 4.90. The predicted octanol–water partition coefficient (Wildman–Crippen LogP) is 1.41. The standard InChI is InChI=1S/C14H19N5O/c1-10(8-15)7-13(20)17-12-6-4-3-5-11(12)14-18-16-9-19(14)2/h3-6,9-10H,7-8,15H2,1-2H3,(H,17,20). The van der Waals surface area contributed by atoms with Crippen LogP contribution in [0.3, 0.4) is 0 Å². The molecule has 20 heavy (non-hydrogen) atoms. The fourth-order valence-electron chi connectivity index (χ4n) is 1.92. The lowest BCUT2D eigenvalue weighted by atomic mass is 10.1. The van der Waals surface area contributed by atoms with Crippen molar-refractivity contribution in [2.75, 3.05) is 11.9 Å². The highest BCUT2D eigenvalue weighted by atomic mass is 16.1. The first-order valence-electron chi connectivity index (χ1n) is 6.55. The van der Waals surface area contributed by atoms with Crippen molar-refractivity contribution >= 4 is 11.6 Å². The number of aromatic nitrogens is 3. The van der Waals surface area contributed by atoms with Gasteiger partial charge in [0.05, 0.1) is 5.69 Å². The highest BCUT2D eigenvalue weighted by Gasteiger charge is 2.13. The molecule has 1 amide bonds. The maximum Gasteiger partial charge on any atom is 0.224 e. The van der Waals surface area contributed by atoms with Crippen LogP contribution in [0.1, 0.15) is 13.3 Å². The van der Waals surface area contributed by atoms with Gasteiger partial charge in [0.2, 0.25) is 5.91 Å². The van der Waals surface area contributed by atoms with E-state index in [9.17, 15) is 4.79 Å². The number of nitrogens with two attached hydrogens (primary N) is 1. The van der Waals surface area contributed by atoms with Gasteiger partial charge in [-0.3, -0.25) is 4.79 Å². The molecule has 1 unspecified atom stereocenters. The molecule has 3 N–H and O–H groups in total. The summed E-state index contributed by atoms with van der Waals surface area (Å²) in [5, 5.41) is 10.9. The molecular formula is C14H19N5O. The van der Waals surface area contributed by atoms with Gasteiger partial charge in [0.1, 0.15) is 6.33 Å². The Kier molecular flexibility index (Phi) is 4.47. The molecule has 2 rings (SSSR count). The summed E-state index contributed by atoms with van der Waals surface area (Å²) in [5.41, 5.74) is 7.12. The topological polar surface area (TPSA) is 85.8 Å². The van der Waals surface area contributed by atoms with E-state index in [0.717, 1.165) is 11.3 Å². The van der Waals surface area contributed by atoms with E-state index < -0.39 is 0 Å². The molecule has 0 fully saturated rings. The van der Waals surface area contributed by atoms with Gasteiger partial charge < -0.3 is 15.6 Å². The minimum Gasteiger partial charge on any atom is -0.330 e. The summed E-state index contributed by atoms with van der Waals surface area (Å²) < 4.78 is 1.81. The molecule has 1 aromatic heterocycles. The molecule has 2 aromatic rings. The number of amides is 1. The van der Waals surface area contributed by atoms with Gasteiger partial charge in [-0.05, 0) is 24.6 Å². The van der Waals surface area contributed by atoms with Crippen LogP contribution < -0.4 is 11.1 Å². The maximum absolute atomic E-state index is 12.0. The summed E-state index contributed by atoms with van der Waals surface area (Å²) in [7, 11) is 1.87. The Bertz CT molecular complexity index is 593. The number of hydrogen-bond donors (Lipinski definition) is 2. The quantitative estimate of drug-likeness (QED) is 0.862. The molecule has 0 saturated heterocycles. The van der Waals surface area contributed by atoms with Crippen LogP contribution in [-0.2, 0) is 11.8 Å². The number of rotatable bonds is 5. The van der Waals surface area contributed by atoms with Crippen molar-refractivity contribution in [1.29, 1.82) is 0 Å². The largest absolute Gasteiger partial charge is 0.330 e.